The molecule has 0 radical (unpaired) electrons. The monoisotopic (exact) mass is 297 g/mol. The van der Waals surface area contributed by atoms with E-state index in [0.29, 0.717) is 6.61 Å². The molecule has 0 heterocycles. The van der Waals surface area contributed by atoms with Crippen LogP contribution in [0.2, 0.25) is 0 Å². The second-order valence-corrected chi connectivity index (χ2v) is 5.60. The van der Waals surface area contributed by atoms with E-state index in [4.69, 9.17) is 4.74 Å². The lowest BCUT2D eigenvalue weighted by Gasteiger charge is -2.09. The number of rotatable bonds is 10. The van der Waals surface area contributed by atoms with Gasteiger partial charge in [0.25, 0.3) is 0 Å². The molecule has 0 aliphatic carbocycles. The molecule has 2 nitrogen and oxygen atoms in total. The molecule has 0 saturated carbocycles. The maximum absolute atomic E-state index is 5.79. The Labute approximate surface area is 134 Å². The molecule has 2 aromatic rings. The Bertz CT molecular complexity index is 507. The van der Waals surface area contributed by atoms with Crippen LogP contribution in [0.15, 0.2) is 54.6 Å². The lowest BCUT2D eigenvalue weighted by Crippen LogP contribution is -2.03. The van der Waals surface area contributed by atoms with Crippen LogP contribution >= 0.6 is 0 Å². The maximum atomic E-state index is 5.79. The molecule has 118 valence electrons. The third-order valence-electron chi connectivity index (χ3n) is 3.72. The highest BCUT2D eigenvalue weighted by Gasteiger charge is 1.97. The summed E-state index contributed by atoms with van der Waals surface area (Å²) < 4.78 is 5.79. The molecule has 0 atom stereocenters. The Hall–Kier alpha value is -1.96. The average molecular weight is 297 g/mol. The summed E-state index contributed by atoms with van der Waals surface area (Å²) in [5.74, 6) is 0.937. The second kappa shape index (κ2) is 9.88. The molecule has 22 heavy (non-hydrogen) atoms. The smallest absolute Gasteiger partial charge is 0.119 e. The van der Waals surface area contributed by atoms with Crippen LogP contribution in [0.5, 0.6) is 5.75 Å². The van der Waals surface area contributed by atoms with Crippen molar-refractivity contribution in [2.24, 2.45) is 0 Å². The van der Waals surface area contributed by atoms with Gasteiger partial charge in [-0.3, -0.25) is 0 Å². The minimum absolute atomic E-state index is 0.716. The highest BCUT2D eigenvalue weighted by atomic mass is 16.5. The molecule has 2 rings (SSSR count). The quantitative estimate of drug-likeness (QED) is 0.601. The molecule has 2 aromatic carbocycles. The largest absolute Gasteiger partial charge is 0.493 e. The van der Waals surface area contributed by atoms with E-state index in [0.717, 1.165) is 18.7 Å². The van der Waals surface area contributed by atoms with Crippen molar-refractivity contribution < 1.29 is 4.74 Å². The number of ether oxygens (including phenoxy) is 1. The minimum atomic E-state index is 0.716. The van der Waals surface area contributed by atoms with Crippen LogP contribution < -0.4 is 10.1 Å². The Morgan fingerprint density at radius 1 is 0.864 bits per heavy atom. The van der Waals surface area contributed by atoms with E-state index >= 15 is 0 Å². The summed E-state index contributed by atoms with van der Waals surface area (Å²) in [5.41, 5.74) is 2.49. The summed E-state index contributed by atoms with van der Waals surface area (Å²) in [4.78, 5) is 0. The summed E-state index contributed by atoms with van der Waals surface area (Å²) in [7, 11) is 0. The molecule has 0 unspecified atom stereocenters. The van der Waals surface area contributed by atoms with Crippen molar-refractivity contribution in [2.75, 3.05) is 18.5 Å². The van der Waals surface area contributed by atoms with Gasteiger partial charge in [-0.05, 0) is 36.2 Å². The summed E-state index contributed by atoms with van der Waals surface area (Å²) in [6.45, 7) is 4.01. The zero-order chi connectivity index (χ0) is 15.5. The SMILES string of the molecule is CCCCCCNc1ccc(OCCc2ccccc2)cc1. The van der Waals surface area contributed by atoms with Gasteiger partial charge in [0, 0.05) is 18.7 Å². The fraction of sp³-hybridized carbons (Fsp3) is 0.400. The Kier molecular flexibility index (Phi) is 7.37. The van der Waals surface area contributed by atoms with Gasteiger partial charge in [0.15, 0.2) is 0 Å². The van der Waals surface area contributed by atoms with Gasteiger partial charge in [-0.2, -0.15) is 0 Å². The number of benzene rings is 2. The van der Waals surface area contributed by atoms with Gasteiger partial charge in [0.2, 0.25) is 0 Å². The number of hydrogen-bond acceptors (Lipinski definition) is 2. The Morgan fingerprint density at radius 3 is 2.36 bits per heavy atom. The number of anilines is 1. The normalized spacial score (nSPS) is 10.4. The molecule has 0 fully saturated rings. The molecule has 1 N–H and O–H groups in total. The fourth-order valence-electron chi connectivity index (χ4n) is 2.38. The number of unbranched alkanes of at least 4 members (excludes halogenated alkanes) is 3. The molecule has 0 spiro atoms. The molecule has 2 heteroatoms. The summed E-state index contributed by atoms with van der Waals surface area (Å²) in [6.07, 6.45) is 6.11. The van der Waals surface area contributed by atoms with Crippen molar-refractivity contribution in [3.05, 3.63) is 60.2 Å². The number of hydrogen-bond donors (Lipinski definition) is 1. The first-order valence-electron chi connectivity index (χ1n) is 8.39. The molecule has 0 bridgehead atoms. The van der Waals surface area contributed by atoms with Crippen LogP contribution in [0.3, 0.4) is 0 Å². The lowest BCUT2D eigenvalue weighted by molar-refractivity contribution is 0.322. The van der Waals surface area contributed by atoms with E-state index in [2.05, 4.69) is 48.6 Å². The zero-order valence-corrected chi connectivity index (χ0v) is 13.6. The highest BCUT2D eigenvalue weighted by Crippen LogP contribution is 2.16. The first kappa shape index (κ1) is 16.4. The molecule has 0 aliphatic heterocycles. The zero-order valence-electron chi connectivity index (χ0n) is 13.6. The van der Waals surface area contributed by atoms with E-state index in [-0.39, 0.29) is 0 Å². The highest BCUT2D eigenvalue weighted by molar-refractivity contribution is 5.46. The molecule has 0 saturated heterocycles. The molecule has 0 aliphatic rings. The van der Waals surface area contributed by atoms with E-state index in [1.165, 1.54) is 36.9 Å². The van der Waals surface area contributed by atoms with Crippen LogP contribution in [-0.4, -0.2) is 13.2 Å². The average Bonchev–Trinajstić information content (AvgIpc) is 2.57. The first-order valence-corrected chi connectivity index (χ1v) is 8.39. The third-order valence-corrected chi connectivity index (χ3v) is 3.72. The van der Waals surface area contributed by atoms with Crippen molar-refractivity contribution in [1.82, 2.24) is 0 Å². The third kappa shape index (κ3) is 6.21. The van der Waals surface area contributed by atoms with Crippen LogP contribution in [0.4, 0.5) is 5.69 Å². The van der Waals surface area contributed by atoms with E-state index < -0.39 is 0 Å². The second-order valence-electron chi connectivity index (χ2n) is 5.60. The summed E-state index contributed by atoms with van der Waals surface area (Å²) in [6, 6.07) is 18.7. The fourth-order valence-corrected chi connectivity index (χ4v) is 2.38. The van der Waals surface area contributed by atoms with Crippen LogP contribution in [-0.2, 0) is 6.42 Å². The van der Waals surface area contributed by atoms with Crippen molar-refractivity contribution in [1.29, 1.82) is 0 Å². The van der Waals surface area contributed by atoms with Gasteiger partial charge in [0.05, 0.1) is 6.61 Å². The molecule has 0 amide bonds. The van der Waals surface area contributed by atoms with Crippen LogP contribution in [0.25, 0.3) is 0 Å². The van der Waals surface area contributed by atoms with Crippen LogP contribution in [0, 0.1) is 0 Å². The predicted octanol–water partition coefficient (Wildman–Crippen LogP) is 5.30. The van der Waals surface area contributed by atoms with Gasteiger partial charge in [-0.1, -0.05) is 56.5 Å². The van der Waals surface area contributed by atoms with Gasteiger partial charge >= 0.3 is 0 Å². The van der Waals surface area contributed by atoms with Gasteiger partial charge in [-0.15, -0.1) is 0 Å². The lowest BCUT2D eigenvalue weighted by atomic mass is 10.2. The summed E-state index contributed by atoms with van der Waals surface area (Å²) in [5, 5.41) is 3.46. The topological polar surface area (TPSA) is 21.3 Å². The minimum Gasteiger partial charge on any atom is -0.493 e. The maximum Gasteiger partial charge on any atom is 0.119 e. The van der Waals surface area contributed by atoms with E-state index in [1.54, 1.807) is 0 Å². The van der Waals surface area contributed by atoms with Gasteiger partial charge in [-0.25, -0.2) is 0 Å². The summed E-state index contributed by atoms with van der Waals surface area (Å²) >= 11 is 0. The molecule has 0 aromatic heterocycles. The Balaban J connectivity index is 1.66. The predicted molar refractivity (Wildman–Crippen MR) is 94.7 cm³/mol. The molecular weight excluding hydrogens is 270 g/mol. The first-order chi connectivity index (χ1) is 10.9. The van der Waals surface area contributed by atoms with Crippen molar-refractivity contribution in [3.8, 4) is 5.75 Å². The standard InChI is InChI=1S/C20H27NO/c1-2-3-4-8-16-21-19-11-13-20(14-12-19)22-17-15-18-9-6-5-7-10-18/h5-7,9-14,21H,2-4,8,15-17H2,1H3. The van der Waals surface area contributed by atoms with Gasteiger partial charge < -0.3 is 10.1 Å². The van der Waals surface area contributed by atoms with Crippen molar-refractivity contribution in [2.45, 2.75) is 39.0 Å². The van der Waals surface area contributed by atoms with Gasteiger partial charge in [0.1, 0.15) is 5.75 Å². The Morgan fingerprint density at radius 2 is 1.64 bits per heavy atom. The van der Waals surface area contributed by atoms with Crippen molar-refractivity contribution in [3.63, 3.8) is 0 Å². The van der Waals surface area contributed by atoms with Crippen molar-refractivity contribution >= 4 is 5.69 Å². The van der Waals surface area contributed by atoms with Crippen LogP contribution in [0.1, 0.15) is 38.2 Å². The number of nitrogens with one attached hydrogen (secondary N) is 1. The van der Waals surface area contributed by atoms with E-state index in [1.807, 2.05) is 18.2 Å². The van der Waals surface area contributed by atoms with E-state index in [9.17, 15) is 0 Å². The molecular formula is C20H27NO.